The van der Waals surface area contributed by atoms with E-state index in [9.17, 15) is 0 Å². The fraction of sp³-hybridized carbons (Fsp3) is 0.600. The van der Waals surface area contributed by atoms with Crippen LogP contribution < -0.4 is 11.1 Å². The number of benzene rings is 1. The lowest BCUT2D eigenvalue weighted by Gasteiger charge is -2.20. The van der Waals surface area contributed by atoms with Crippen LogP contribution in [-0.4, -0.2) is 24.8 Å². The first-order chi connectivity index (χ1) is 8.69. The smallest absolute Gasteiger partial charge is 0.0447 e. The Labute approximate surface area is 110 Å². The van der Waals surface area contributed by atoms with Gasteiger partial charge in [-0.05, 0) is 50.8 Å². The summed E-state index contributed by atoms with van der Waals surface area (Å²) in [5.74, 6) is 0. The van der Waals surface area contributed by atoms with E-state index in [1.54, 1.807) is 0 Å². The highest BCUT2D eigenvalue weighted by Gasteiger charge is 2.11. The number of rotatable bonds is 8. The quantitative estimate of drug-likeness (QED) is 0.619. The van der Waals surface area contributed by atoms with Crippen LogP contribution in [0, 0.1) is 13.8 Å². The third kappa shape index (κ3) is 4.77. The Balaban J connectivity index is 2.52. The molecule has 0 radical (unpaired) electrons. The predicted molar refractivity (Wildman–Crippen MR) is 76.7 cm³/mol. The van der Waals surface area contributed by atoms with E-state index in [2.05, 4.69) is 37.4 Å². The number of aliphatic hydroxyl groups excluding tert-OH is 1. The van der Waals surface area contributed by atoms with E-state index in [0.29, 0.717) is 6.54 Å². The highest BCUT2D eigenvalue weighted by molar-refractivity contribution is 5.33. The van der Waals surface area contributed by atoms with Crippen LogP contribution in [0.2, 0.25) is 0 Å². The molecule has 4 N–H and O–H groups in total. The van der Waals surface area contributed by atoms with Gasteiger partial charge in [0.2, 0.25) is 0 Å². The second-order valence-corrected chi connectivity index (χ2v) is 4.89. The normalized spacial score (nSPS) is 12.7. The maximum absolute atomic E-state index is 8.73. The molecule has 3 nitrogen and oxygen atoms in total. The minimum Gasteiger partial charge on any atom is -0.396 e. The summed E-state index contributed by atoms with van der Waals surface area (Å²) < 4.78 is 0. The number of unbranched alkanes of at least 4 members (excludes halogenated alkanes) is 2. The first kappa shape index (κ1) is 15.2. The summed E-state index contributed by atoms with van der Waals surface area (Å²) in [4.78, 5) is 0. The average Bonchev–Trinajstić information content (AvgIpc) is 2.37. The molecule has 0 saturated heterocycles. The lowest BCUT2D eigenvalue weighted by Crippen LogP contribution is -2.29. The molecule has 0 heterocycles. The number of hydrogen-bond donors (Lipinski definition) is 3. The SMILES string of the molecule is Cc1ccc(C)c(C(CN)NCCCCCO)c1. The molecule has 1 rings (SSSR count). The number of nitrogens with two attached hydrogens (primary N) is 1. The topological polar surface area (TPSA) is 58.3 Å². The summed E-state index contributed by atoms with van der Waals surface area (Å²) in [5.41, 5.74) is 9.73. The van der Waals surface area contributed by atoms with Crippen molar-refractivity contribution in [1.82, 2.24) is 5.32 Å². The van der Waals surface area contributed by atoms with Gasteiger partial charge in [-0.3, -0.25) is 0 Å². The second kappa shape index (κ2) is 8.25. The van der Waals surface area contributed by atoms with Crippen molar-refractivity contribution in [3.05, 3.63) is 34.9 Å². The van der Waals surface area contributed by atoms with Gasteiger partial charge < -0.3 is 16.2 Å². The van der Waals surface area contributed by atoms with Crippen molar-refractivity contribution < 1.29 is 5.11 Å². The molecule has 0 saturated carbocycles. The molecule has 0 aliphatic rings. The molecule has 0 aliphatic heterocycles. The Bertz CT molecular complexity index is 352. The fourth-order valence-electron chi connectivity index (χ4n) is 2.15. The maximum Gasteiger partial charge on any atom is 0.0447 e. The average molecular weight is 250 g/mol. The zero-order valence-corrected chi connectivity index (χ0v) is 11.6. The molecular weight excluding hydrogens is 224 g/mol. The molecule has 0 aromatic heterocycles. The largest absolute Gasteiger partial charge is 0.396 e. The summed E-state index contributed by atoms with van der Waals surface area (Å²) in [5, 5.41) is 12.2. The van der Waals surface area contributed by atoms with Crippen molar-refractivity contribution in [3.8, 4) is 0 Å². The number of aryl methyl sites for hydroxylation is 2. The molecule has 1 aromatic rings. The lowest BCUT2D eigenvalue weighted by molar-refractivity contribution is 0.282. The third-order valence-corrected chi connectivity index (χ3v) is 3.27. The summed E-state index contributed by atoms with van der Waals surface area (Å²) in [6.45, 7) is 6.10. The zero-order chi connectivity index (χ0) is 13.4. The Morgan fingerprint density at radius 2 is 2.00 bits per heavy atom. The first-order valence-electron chi connectivity index (χ1n) is 6.80. The minimum absolute atomic E-state index is 0.235. The van der Waals surface area contributed by atoms with Crippen molar-refractivity contribution in [2.24, 2.45) is 5.73 Å². The molecule has 0 aliphatic carbocycles. The van der Waals surface area contributed by atoms with Gasteiger partial charge in [0, 0.05) is 19.2 Å². The van der Waals surface area contributed by atoms with Gasteiger partial charge in [0.15, 0.2) is 0 Å². The molecular formula is C15H26N2O. The van der Waals surface area contributed by atoms with Crippen LogP contribution in [0.3, 0.4) is 0 Å². The van der Waals surface area contributed by atoms with Crippen LogP contribution in [0.5, 0.6) is 0 Å². The van der Waals surface area contributed by atoms with E-state index >= 15 is 0 Å². The minimum atomic E-state index is 0.235. The number of aliphatic hydroxyl groups is 1. The molecule has 3 heteroatoms. The van der Waals surface area contributed by atoms with Crippen molar-refractivity contribution in [2.75, 3.05) is 19.7 Å². The van der Waals surface area contributed by atoms with E-state index in [1.165, 1.54) is 16.7 Å². The van der Waals surface area contributed by atoms with Gasteiger partial charge >= 0.3 is 0 Å². The summed E-state index contributed by atoms with van der Waals surface area (Å²) in [7, 11) is 0. The standard InChI is InChI=1S/C15H26N2O/c1-12-6-7-13(2)14(10-12)15(11-16)17-8-4-3-5-9-18/h6-7,10,15,17-18H,3-5,8-9,11,16H2,1-2H3. The Morgan fingerprint density at radius 3 is 2.67 bits per heavy atom. The van der Waals surface area contributed by atoms with Crippen LogP contribution in [0.15, 0.2) is 18.2 Å². The Kier molecular flexibility index (Phi) is 6.94. The number of hydrogen-bond acceptors (Lipinski definition) is 3. The van der Waals surface area contributed by atoms with Crippen molar-refractivity contribution >= 4 is 0 Å². The van der Waals surface area contributed by atoms with Crippen molar-refractivity contribution in [1.29, 1.82) is 0 Å². The van der Waals surface area contributed by atoms with Gasteiger partial charge in [-0.15, -0.1) is 0 Å². The molecule has 0 fully saturated rings. The summed E-state index contributed by atoms with van der Waals surface area (Å²) >= 11 is 0. The molecule has 18 heavy (non-hydrogen) atoms. The van der Waals surface area contributed by atoms with Crippen LogP contribution >= 0.6 is 0 Å². The summed E-state index contributed by atoms with van der Waals surface area (Å²) in [6.07, 6.45) is 3.04. The van der Waals surface area contributed by atoms with Gasteiger partial charge in [-0.2, -0.15) is 0 Å². The van der Waals surface area contributed by atoms with Crippen LogP contribution in [0.1, 0.15) is 42.0 Å². The van der Waals surface area contributed by atoms with Crippen molar-refractivity contribution in [3.63, 3.8) is 0 Å². The van der Waals surface area contributed by atoms with E-state index in [-0.39, 0.29) is 12.6 Å². The van der Waals surface area contributed by atoms with E-state index in [4.69, 9.17) is 10.8 Å². The first-order valence-corrected chi connectivity index (χ1v) is 6.80. The summed E-state index contributed by atoms with van der Waals surface area (Å²) in [6, 6.07) is 6.74. The van der Waals surface area contributed by atoms with Gasteiger partial charge in [0.25, 0.3) is 0 Å². The Morgan fingerprint density at radius 1 is 1.22 bits per heavy atom. The number of nitrogens with one attached hydrogen (secondary N) is 1. The van der Waals surface area contributed by atoms with E-state index in [1.807, 2.05) is 0 Å². The molecule has 0 amide bonds. The van der Waals surface area contributed by atoms with Crippen molar-refractivity contribution in [2.45, 2.75) is 39.2 Å². The highest BCUT2D eigenvalue weighted by Crippen LogP contribution is 2.18. The monoisotopic (exact) mass is 250 g/mol. The molecule has 102 valence electrons. The van der Waals surface area contributed by atoms with Gasteiger partial charge in [0.1, 0.15) is 0 Å². The van der Waals surface area contributed by atoms with E-state index < -0.39 is 0 Å². The molecule has 1 aromatic carbocycles. The fourth-order valence-corrected chi connectivity index (χ4v) is 2.15. The Hall–Kier alpha value is -0.900. The molecule has 0 spiro atoms. The molecule has 1 atom stereocenters. The van der Waals surface area contributed by atoms with Crippen LogP contribution in [0.25, 0.3) is 0 Å². The van der Waals surface area contributed by atoms with E-state index in [0.717, 1.165) is 25.8 Å². The van der Waals surface area contributed by atoms with Gasteiger partial charge in [0.05, 0.1) is 0 Å². The van der Waals surface area contributed by atoms with Gasteiger partial charge in [-0.25, -0.2) is 0 Å². The molecule has 1 unspecified atom stereocenters. The van der Waals surface area contributed by atoms with Gasteiger partial charge in [-0.1, -0.05) is 23.8 Å². The lowest BCUT2D eigenvalue weighted by atomic mass is 9.99. The zero-order valence-electron chi connectivity index (χ0n) is 11.6. The van der Waals surface area contributed by atoms with Crippen LogP contribution in [-0.2, 0) is 0 Å². The predicted octanol–water partition coefficient (Wildman–Crippen LogP) is 2.06. The third-order valence-electron chi connectivity index (χ3n) is 3.27. The van der Waals surface area contributed by atoms with Crippen LogP contribution in [0.4, 0.5) is 0 Å². The molecule has 0 bridgehead atoms. The maximum atomic E-state index is 8.73. The second-order valence-electron chi connectivity index (χ2n) is 4.89. The highest BCUT2D eigenvalue weighted by atomic mass is 16.2.